The molecule has 9 heteroatoms. The molecule has 3 aromatic carbocycles. The third-order valence-electron chi connectivity index (χ3n) is 6.00. The maximum Gasteiger partial charge on any atom is 0.336 e. The second-order valence-electron chi connectivity index (χ2n) is 9.35. The van der Waals surface area contributed by atoms with Gasteiger partial charge in [-0.3, -0.25) is 15.0 Å². The van der Waals surface area contributed by atoms with Gasteiger partial charge in [-0.25, -0.2) is 4.79 Å². The molecule has 0 unspecified atom stereocenters. The highest BCUT2D eigenvalue weighted by Gasteiger charge is 2.22. The summed E-state index contributed by atoms with van der Waals surface area (Å²) >= 11 is 0. The zero-order valence-corrected chi connectivity index (χ0v) is 21.4. The summed E-state index contributed by atoms with van der Waals surface area (Å²) in [6.07, 6.45) is 1.52. The number of rotatable bonds is 9. The molecule has 4 aromatic rings. The van der Waals surface area contributed by atoms with E-state index in [2.05, 4.69) is 10.6 Å². The molecule has 1 aromatic heterocycles. The molecule has 0 saturated carbocycles. The molecule has 198 valence electrons. The van der Waals surface area contributed by atoms with Crippen LogP contribution in [0.4, 0.5) is 5.69 Å². The van der Waals surface area contributed by atoms with Crippen molar-refractivity contribution in [2.45, 2.75) is 13.8 Å². The van der Waals surface area contributed by atoms with Crippen LogP contribution in [0.3, 0.4) is 0 Å². The molecule has 2 amide bonds. The number of carboxylic acids is 1. The van der Waals surface area contributed by atoms with Gasteiger partial charge in [-0.05, 0) is 71.6 Å². The molecule has 0 radical (unpaired) electrons. The minimum absolute atomic E-state index is 0.0937. The molecule has 0 bridgehead atoms. The summed E-state index contributed by atoms with van der Waals surface area (Å²) in [5.41, 5.74) is 8.08. The molecule has 0 spiro atoms. The van der Waals surface area contributed by atoms with E-state index in [1.807, 2.05) is 13.8 Å². The van der Waals surface area contributed by atoms with Gasteiger partial charge >= 0.3 is 5.97 Å². The van der Waals surface area contributed by atoms with Crippen LogP contribution in [-0.4, -0.2) is 35.3 Å². The Morgan fingerprint density at radius 3 is 2.18 bits per heavy atom. The fourth-order valence-electron chi connectivity index (χ4n) is 3.99. The number of amides is 2. The topological polar surface area (TPSA) is 159 Å². The smallest absolute Gasteiger partial charge is 0.336 e. The van der Waals surface area contributed by atoms with Crippen LogP contribution in [0.5, 0.6) is 0 Å². The van der Waals surface area contributed by atoms with Crippen LogP contribution >= 0.6 is 0 Å². The molecule has 6 N–H and O–H groups in total. The maximum absolute atomic E-state index is 13.5. The highest BCUT2D eigenvalue weighted by atomic mass is 16.4. The summed E-state index contributed by atoms with van der Waals surface area (Å²) in [6.45, 7) is 4.38. The zero-order chi connectivity index (χ0) is 28.1. The number of carbonyl (C=O) groups excluding carboxylic acids is 2. The van der Waals surface area contributed by atoms with Gasteiger partial charge in [0.2, 0.25) is 0 Å². The first kappa shape index (κ1) is 26.9. The van der Waals surface area contributed by atoms with Crippen molar-refractivity contribution in [3.63, 3.8) is 0 Å². The van der Waals surface area contributed by atoms with Gasteiger partial charge in [-0.1, -0.05) is 32.0 Å². The number of amidine groups is 1. The van der Waals surface area contributed by atoms with Crippen molar-refractivity contribution in [2.24, 2.45) is 11.7 Å². The summed E-state index contributed by atoms with van der Waals surface area (Å²) in [6, 6.07) is 19.4. The number of furan rings is 1. The molecule has 0 atom stereocenters. The number of carbonyl (C=O) groups is 3. The minimum atomic E-state index is -1.23. The van der Waals surface area contributed by atoms with Gasteiger partial charge in [0.15, 0.2) is 0 Å². The SMILES string of the molecule is CC(C)CNC(=O)c1ccc(-c2ccc(-c3ccco3)cc2C(=O)Nc2ccc(C(=N)N)cc2)c(C(=O)O)c1. The number of hydrogen-bond donors (Lipinski definition) is 5. The van der Waals surface area contributed by atoms with E-state index < -0.39 is 11.9 Å². The van der Waals surface area contributed by atoms with Crippen LogP contribution in [0, 0.1) is 11.3 Å². The molecule has 0 aliphatic rings. The van der Waals surface area contributed by atoms with Gasteiger partial charge in [-0.2, -0.15) is 0 Å². The predicted molar refractivity (Wildman–Crippen MR) is 149 cm³/mol. The second-order valence-corrected chi connectivity index (χ2v) is 9.35. The lowest BCUT2D eigenvalue weighted by molar-refractivity contribution is 0.0697. The summed E-state index contributed by atoms with van der Waals surface area (Å²) < 4.78 is 5.50. The molecule has 0 aliphatic carbocycles. The molecule has 39 heavy (non-hydrogen) atoms. The van der Waals surface area contributed by atoms with E-state index in [-0.39, 0.29) is 39.9 Å². The van der Waals surface area contributed by atoms with Crippen LogP contribution in [0.15, 0.2) is 83.5 Å². The number of aromatic carboxylic acids is 1. The average Bonchev–Trinajstić information content (AvgIpc) is 3.46. The highest BCUT2D eigenvalue weighted by Crippen LogP contribution is 2.33. The Balaban J connectivity index is 1.77. The van der Waals surface area contributed by atoms with Gasteiger partial charge in [-0.15, -0.1) is 0 Å². The lowest BCUT2D eigenvalue weighted by Gasteiger charge is -2.15. The number of nitrogens with one attached hydrogen (secondary N) is 3. The molecule has 9 nitrogen and oxygen atoms in total. The van der Waals surface area contributed by atoms with E-state index in [0.717, 1.165) is 0 Å². The number of nitrogen functional groups attached to an aromatic ring is 1. The molecule has 0 saturated heterocycles. The van der Waals surface area contributed by atoms with Gasteiger partial charge in [0.25, 0.3) is 11.8 Å². The van der Waals surface area contributed by atoms with Crippen molar-refractivity contribution < 1.29 is 23.9 Å². The van der Waals surface area contributed by atoms with E-state index in [0.29, 0.717) is 34.7 Å². The molecule has 0 aliphatic heterocycles. The quantitative estimate of drug-likeness (QED) is 0.149. The van der Waals surface area contributed by atoms with Crippen molar-refractivity contribution in [1.29, 1.82) is 5.41 Å². The number of nitrogens with two attached hydrogens (primary N) is 1. The third kappa shape index (κ3) is 6.22. The van der Waals surface area contributed by atoms with Crippen LogP contribution in [-0.2, 0) is 0 Å². The first-order valence-electron chi connectivity index (χ1n) is 12.2. The maximum atomic E-state index is 13.5. The third-order valence-corrected chi connectivity index (χ3v) is 6.00. The zero-order valence-electron chi connectivity index (χ0n) is 21.4. The molecular formula is C30H28N4O5. The Kier molecular flexibility index (Phi) is 7.90. The fraction of sp³-hybridized carbons (Fsp3) is 0.133. The number of carboxylic acid groups (broad SMARTS) is 1. The van der Waals surface area contributed by atoms with Gasteiger partial charge in [0.05, 0.1) is 11.8 Å². The summed E-state index contributed by atoms with van der Waals surface area (Å²) in [5, 5.41) is 23.2. The average molecular weight is 525 g/mol. The Morgan fingerprint density at radius 2 is 1.56 bits per heavy atom. The van der Waals surface area contributed by atoms with Crippen molar-refractivity contribution in [2.75, 3.05) is 11.9 Å². The first-order valence-corrected chi connectivity index (χ1v) is 12.2. The molecule has 0 fully saturated rings. The molecule has 4 rings (SSSR count). The fourth-order valence-corrected chi connectivity index (χ4v) is 3.99. The van der Waals surface area contributed by atoms with Crippen molar-refractivity contribution in [3.05, 3.63) is 101 Å². The Bertz CT molecular complexity index is 1540. The van der Waals surface area contributed by atoms with E-state index in [1.54, 1.807) is 60.7 Å². The monoisotopic (exact) mass is 524 g/mol. The normalized spacial score (nSPS) is 10.7. The van der Waals surface area contributed by atoms with Gasteiger partial charge in [0, 0.05) is 34.5 Å². The number of hydrogen-bond acceptors (Lipinski definition) is 5. The van der Waals surface area contributed by atoms with Crippen LogP contribution < -0.4 is 16.4 Å². The Morgan fingerprint density at radius 1 is 0.897 bits per heavy atom. The van der Waals surface area contributed by atoms with Gasteiger partial charge in [0.1, 0.15) is 11.6 Å². The number of benzene rings is 3. The van der Waals surface area contributed by atoms with Crippen LogP contribution in [0.25, 0.3) is 22.5 Å². The predicted octanol–water partition coefficient (Wildman–Crippen LogP) is 5.23. The molecular weight excluding hydrogens is 496 g/mol. The second kappa shape index (κ2) is 11.5. The Labute approximate surface area is 225 Å². The Hall–Kier alpha value is -5.18. The summed E-state index contributed by atoms with van der Waals surface area (Å²) in [5.74, 6) is -1.41. The van der Waals surface area contributed by atoms with Crippen molar-refractivity contribution in [1.82, 2.24) is 5.32 Å². The van der Waals surface area contributed by atoms with Crippen LogP contribution in [0.2, 0.25) is 0 Å². The van der Waals surface area contributed by atoms with Crippen LogP contribution in [0.1, 0.15) is 50.5 Å². The van der Waals surface area contributed by atoms with Crippen molar-refractivity contribution >= 4 is 29.3 Å². The van der Waals surface area contributed by atoms with E-state index >= 15 is 0 Å². The van der Waals surface area contributed by atoms with E-state index in [1.165, 1.54) is 18.4 Å². The summed E-state index contributed by atoms with van der Waals surface area (Å²) in [4.78, 5) is 38.4. The lowest BCUT2D eigenvalue weighted by Crippen LogP contribution is -2.27. The lowest BCUT2D eigenvalue weighted by atomic mass is 9.91. The van der Waals surface area contributed by atoms with E-state index in [9.17, 15) is 19.5 Å². The number of anilines is 1. The molecule has 1 heterocycles. The highest BCUT2D eigenvalue weighted by molar-refractivity contribution is 6.11. The van der Waals surface area contributed by atoms with Gasteiger partial charge < -0.3 is 25.9 Å². The largest absolute Gasteiger partial charge is 0.478 e. The van der Waals surface area contributed by atoms with E-state index in [4.69, 9.17) is 15.6 Å². The van der Waals surface area contributed by atoms with Crippen molar-refractivity contribution in [3.8, 4) is 22.5 Å². The standard InChI is InChI=1S/C30H28N4O5/c1-17(2)16-33-28(35)20-8-12-23(25(15-20)30(37)38)22-11-7-19(26-4-3-13-39-26)14-24(22)29(36)34-21-9-5-18(6-10-21)27(31)32/h3-15,17H,16H2,1-2H3,(H3,31,32)(H,33,35)(H,34,36)(H,37,38). The minimum Gasteiger partial charge on any atom is -0.478 e. The first-order chi connectivity index (χ1) is 18.6. The summed E-state index contributed by atoms with van der Waals surface area (Å²) in [7, 11) is 0.